The summed E-state index contributed by atoms with van der Waals surface area (Å²) in [6.07, 6.45) is 0. The highest BCUT2D eigenvalue weighted by atomic mass is 16.3. The van der Waals surface area contributed by atoms with Gasteiger partial charge in [0.05, 0.1) is 0 Å². The summed E-state index contributed by atoms with van der Waals surface area (Å²) in [5, 5.41) is 26.8. The molecule has 2 nitrogen and oxygen atoms in total. The predicted octanol–water partition coefficient (Wildman–Crippen LogP) is 30.9. The SMILES string of the molecule is c1cc(-c2ccc3c(c2)oc2c4ccccc4c4ccccc4c32)cc(-c2c3ccccc3c(-c3cccc(-c4cccc5ccccc45)c3)c3ccccc23)c1.c1ccc(-c2cccc(-c3c4ccccc4c(-c4cccc(-c5ccc6c(c5)oc5c7ccccc7c7ccccc7c65)c4)c4ccccc34)c2)cc1. The van der Waals surface area contributed by atoms with Gasteiger partial charge in [-0.1, -0.05) is 352 Å². The second-order valence-electron chi connectivity index (χ2n) is 29.1. The zero-order valence-electron chi connectivity index (χ0n) is 59.9. The van der Waals surface area contributed by atoms with E-state index in [0.29, 0.717) is 0 Å². The number of hydrogen-bond donors (Lipinski definition) is 0. The van der Waals surface area contributed by atoms with Crippen LogP contribution in [0.25, 0.3) is 230 Å². The van der Waals surface area contributed by atoms with Crippen molar-refractivity contribution in [3.63, 3.8) is 0 Å². The molecule has 0 fully saturated rings. The standard InChI is InChI=1S/C56H34O.C52H32O/c1-2-20-41-35(14-1)15-13-29-42(41)38-17-12-19-40(33-38)54-48-26-8-6-24-46(48)53(47-25-7-9-27-49(47)54)39-18-11-16-36(32-39)37-30-31-51-52(34-37)57-56-50-28-10-4-22-44(50)43-21-3-5-23-45(43)55(51)56;1-2-14-33(15-3-1)34-16-12-18-37(30-34)49-42-23-7-9-25-44(42)50(45-26-10-8-24-43(45)49)38-19-13-17-35(31-38)36-28-29-47-48(32-36)53-52-46-27-11-5-21-40(46)39-20-4-6-22-41(39)51(47)52/h1-34H;1-32H. The van der Waals surface area contributed by atoms with Crippen molar-refractivity contribution in [3.05, 3.63) is 400 Å². The van der Waals surface area contributed by atoms with Crippen LogP contribution < -0.4 is 0 Å². The van der Waals surface area contributed by atoms with E-state index in [-0.39, 0.29) is 0 Å². The van der Waals surface area contributed by atoms with Gasteiger partial charge in [0, 0.05) is 32.3 Å². The van der Waals surface area contributed by atoms with Crippen LogP contribution in [0.3, 0.4) is 0 Å². The van der Waals surface area contributed by atoms with Crippen molar-refractivity contribution in [2.45, 2.75) is 0 Å². The van der Waals surface area contributed by atoms with Crippen molar-refractivity contribution in [1.82, 2.24) is 0 Å². The zero-order chi connectivity index (χ0) is 72.3. The number of hydrogen-bond acceptors (Lipinski definition) is 2. The quantitative estimate of drug-likeness (QED) is 0.112. The lowest BCUT2D eigenvalue weighted by atomic mass is 9.85. The van der Waals surface area contributed by atoms with Crippen LogP contribution in [0.1, 0.15) is 0 Å². The largest absolute Gasteiger partial charge is 0.455 e. The fourth-order valence-corrected chi connectivity index (χ4v) is 18.2. The molecule has 510 valence electrons. The molecular weight excluding hydrogens is 1330 g/mol. The van der Waals surface area contributed by atoms with E-state index in [0.717, 1.165) is 66.1 Å². The summed E-state index contributed by atoms with van der Waals surface area (Å²) in [6.45, 7) is 0. The van der Waals surface area contributed by atoms with Crippen LogP contribution in [0.5, 0.6) is 0 Å². The molecule has 0 aliphatic rings. The number of benzene rings is 21. The molecule has 0 saturated carbocycles. The third kappa shape index (κ3) is 10.2. The molecule has 2 aromatic heterocycles. The topological polar surface area (TPSA) is 26.3 Å². The molecule has 110 heavy (non-hydrogen) atoms. The normalized spacial score (nSPS) is 11.8. The van der Waals surface area contributed by atoms with E-state index >= 15 is 0 Å². The first-order valence-corrected chi connectivity index (χ1v) is 37.9. The lowest BCUT2D eigenvalue weighted by molar-refractivity contribution is 0.672. The van der Waals surface area contributed by atoms with E-state index in [1.165, 1.54) is 164 Å². The van der Waals surface area contributed by atoms with Crippen LogP contribution in [0.15, 0.2) is 409 Å². The molecule has 23 rings (SSSR count). The Bertz CT molecular complexity index is 7600. The van der Waals surface area contributed by atoms with E-state index in [4.69, 9.17) is 8.83 Å². The average molecular weight is 1400 g/mol. The Labute approximate surface area is 634 Å². The second kappa shape index (κ2) is 25.7. The molecular formula is C108H66O2. The summed E-state index contributed by atoms with van der Waals surface area (Å²) in [6, 6.07) is 146. The van der Waals surface area contributed by atoms with Gasteiger partial charge in [0.2, 0.25) is 0 Å². The highest BCUT2D eigenvalue weighted by molar-refractivity contribution is 6.32. The third-order valence-electron chi connectivity index (χ3n) is 23.0. The molecule has 0 aliphatic carbocycles. The summed E-state index contributed by atoms with van der Waals surface area (Å²) in [4.78, 5) is 0. The summed E-state index contributed by atoms with van der Waals surface area (Å²) in [5.41, 5.74) is 23.1. The molecule has 0 saturated heterocycles. The highest BCUT2D eigenvalue weighted by Crippen LogP contribution is 2.50. The number of rotatable bonds is 8. The smallest absolute Gasteiger partial charge is 0.143 e. The van der Waals surface area contributed by atoms with Gasteiger partial charge < -0.3 is 8.83 Å². The summed E-state index contributed by atoms with van der Waals surface area (Å²) < 4.78 is 13.5. The Hall–Kier alpha value is -14.4. The van der Waals surface area contributed by atoms with Crippen molar-refractivity contribution in [2.24, 2.45) is 0 Å². The first-order valence-electron chi connectivity index (χ1n) is 37.9. The maximum Gasteiger partial charge on any atom is 0.143 e. The van der Waals surface area contributed by atoms with Crippen molar-refractivity contribution in [2.75, 3.05) is 0 Å². The minimum atomic E-state index is 0.903. The first kappa shape index (κ1) is 62.9. The van der Waals surface area contributed by atoms with E-state index in [2.05, 4.69) is 400 Å². The summed E-state index contributed by atoms with van der Waals surface area (Å²) in [5.74, 6) is 0. The van der Waals surface area contributed by atoms with Crippen LogP contribution in [0.2, 0.25) is 0 Å². The van der Waals surface area contributed by atoms with Crippen molar-refractivity contribution < 1.29 is 8.83 Å². The lowest BCUT2D eigenvalue weighted by Crippen LogP contribution is -1.91. The molecule has 0 N–H and O–H groups in total. The fourth-order valence-electron chi connectivity index (χ4n) is 18.2. The van der Waals surface area contributed by atoms with Gasteiger partial charge in [0.1, 0.15) is 22.3 Å². The lowest BCUT2D eigenvalue weighted by Gasteiger charge is -2.19. The van der Waals surface area contributed by atoms with Gasteiger partial charge in [-0.15, -0.1) is 0 Å². The molecule has 0 unspecified atom stereocenters. The number of furan rings is 2. The van der Waals surface area contributed by atoms with Crippen molar-refractivity contribution in [1.29, 1.82) is 0 Å². The molecule has 0 bridgehead atoms. The minimum absolute atomic E-state index is 0.903. The maximum absolute atomic E-state index is 6.78. The molecule has 0 spiro atoms. The molecule has 2 heteroatoms. The predicted molar refractivity (Wildman–Crippen MR) is 468 cm³/mol. The molecule has 21 aromatic carbocycles. The molecule has 2 heterocycles. The van der Waals surface area contributed by atoms with E-state index in [1.54, 1.807) is 0 Å². The minimum Gasteiger partial charge on any atom is -0.455 e. The van der Waals surface area contributed by atoms with Gasteiger partial charge in [-0.25, -0.2) is 0 Å². The van der Waals surface area contributed by atoms with E-state index < -0.39 is 0 Å². The van der Waals surface area contributed by atoms with Crippen LogP contribution in [-0.2, 0) is 0 Å². The maximum atomic E-state index is 6.78. The molecule has 0 atom stereocenters. The Morgan fingerprint density at radius 1 is 0.136 bits per heavy atom. The van der Waals surface area contributed by atoms with Gasteiger partial charge in [-0.05, 0) is 224 Å². The Morgan fingerprint density at radius 3 is 0.782 bits per heavy atom. The third-order valence-corrected chi connectivity index (χ3v) is 23.0. The van der Waals surface area contributed by atoms with Gasteiger partial charge in [0.25, 0.3) is 0 Å². The van der Waals surface area contributed by atoms with Crippen molar-refractivity contribution >= 4 is 141 Å². The summed E-state index contributed by atoms with van der Waals surface area (Å²) in [7, 11) is 0. The van der Waals surface area contributed by atoms with Crippen LogP contribution in [0.4, 0.5) is 0 Å². The fraction of sp³-hybridized carbons (Fsp3) is 0. The second-order valence-corrected chi connectivity index (χ2v) is 29.1. The Kier molecular flexibility index (Phi) is 14.7. The molecule has 0 radical (unpaired) electrons. The van der Waals surface area contributed by atoms with Crippen LogP contribution in [-0.4, -0.2) is 0 Å². The van der Waals surface area contributed by atoms with Crippen molar-refractivity contribution in [3.8, 4) is 89.0 Å². The monoisotopic (exact) mass is 1390 g/mol. The zero-order valence-corrected chi connectivity index (χ0v) is 59.9. The highest BCUT2D eigenvalue weighted by Gasteiger charge is 2.23. The van der Waals surface area contributed by atoms with Crippen LogP contribution >= 0.6 is 0 Å². The van der Waals surface area contributed by atoms with Crippen LogP contribution in [0, 0.1) is 0 Å². The molecule has 23 aromatic rings. The summed E-state index contributed by atoms with van der Waals surface area (Å²) >= 11 is 0. The average Bonchev–Trinajstić information content (AvgIpc) is 1.31. The van der Waals surface area contributed by atoms with Gasteiger partial charge in [0.15, 0.2) is 0 Å². The van der Waals surface area contributed by atoms with Gasteiger partial charge in [-0.2, -0.15) is 0 Å². The Balaban J connectivity index is 0.000000136. The van der Waals surface area contributed by atoms with E-state index in [1.807, 2.05) is 0 Å². The number of fused-ring (bicyclic) bond motifs is 21. The Morgan fingerprint density at radius 2 is 0.391 bits per heavy atom. The van der Waals surface area contributed by atoms with E-state index in [9.17, 15) is 0 Å². The molecule has 0 aliphatic heterocycles. The first-order chi connectivity index (χ1) is 54.6. The van der Waals surface area contributed by atoms with Gasteiger partial charge >= 0.3 is 0 Å². The molecule has 0 amide bonds. The van der Waals surface area contributed by atoms with Gasteiger partial charge in [-0.3, -0.25) is 0 Å².